The highest BCUT2D eigenvalue weighted by Crippen LogP contribution is 2.39. The van der Waals surface area contributed by atoms with Crippen molar-refractivity contribution < 1.29 is 5.11 Å². The summed E-state index contributed by atoms with van der Waals surface area (Å²) in [5.74, 6) is 1.27. The van der Waals surface area contributed by atoms with Crippen molar-refractivity contribution in [2.75, 3.05) is 0 Å². The Bertz CT molecular complexity index is 399. The zero-order valence-electron chi connectivity index (χ0n) is 10.7. The molecule has 100 valence electrons. The number of halogens is 2. The Morgan fingerprint density at radius 1 is 1.33 bits per heavy atom. The molecule has 1 aliphatic rings. The summed E-state index contributed by atoms with van der Waals surface area (Å²) in [5, 5.41) is 11.3. The highest BCUT2D eigenvalue weighted by molar-refractivity contribution is 14.1. The lowest BCUT2D eigenvalue weighted by Crippen LogP contribution is -2.20. The third-order valence-corrected chi connectivity index (χ3v) is 5.41. The van der Waals surface area contributed by atoms with Gasteiger partial charge in [-0.2, -0.15) is 0 Å². The molecule has 0 amide bonds. The first-order valence-electron chi connectivity index (χ1n) is 6.74. The van der Waals surface area contributed by atoms with Crippen LogP contribution in [0.3, 0.4) is 0 Å². The maximum absolute atomic E-state index is 10.5. The second kappa shape index (κ2) is 6.58. The van der Waals surface area contributed by atoms with Crippen LogP contribution in [0.25, 0.3) is 0 Å². The molecule has 0 aromatic heterocycles. The Hall–Kier alpha value is 0.200. The first kappa shape index (κ1) is 14.6. The average molecular weight is 379 g/mol. The maximum Gasteiger partial charge on any atom is 0.0828 e. The van der Waals surface area contributed by atoms with E-state index in [0.717, 1.165) is 27.9 Å². The van der Waals surface area contributed by atoms with Crippen LogP contribution in [0.15, 0.2) is 18.2 Å². The second-order valence-electron chi connectivity index (χ2n) is 5.30. The summed E-state index contributed by atoms with van der Waals surface area (Å²) in [6.45, 7) is 2.27. The van der Waals surface area contributed by atoms with Crippen molar-refractivity contribution in [1.82, 2.24) is 0 Å². The van der Waals surface area contributed by atoms with Gasteiger partial charge in [-0.15, -0.1) is 0 Å². The molecule has 1 saturated carbocycles. The number of benzene rings is 1. The first-order valence-corrected chi connectivity index (χ1v) is 8.20. The van der Waals surface area contributed by atoms with E-state index in [4.69, 9.17) is 11.6 Å². The zero-order valence-corrected chi connectivity index (χ0v) is 13.6. The molecule has 0 bridgehead atoms. The molecule has 1 aliphatic carbocycles. The zero-order chi connectivity index (χ0) is 13.1. The normalized spacial score (nSPS) is 26.0. The van der Waals surface area contributed by atoms with E-state index in [1.54, 1.807) is 0 Å². The number of hydrogen-bond donors (Lipinski definition) is 1. The molecule has 0 aliphatic heterocycles. The van der Waals surface area contributed by atoms with Crippen molar-refractivity contribution in [3.05, 3.63) is 32.4 Å². The molecule has 18 heavy (non-hydrogen) atoms. The predicted molar refractivity (Wildman–Crippen MR) is 84.9 cm³/mol. The summed E-state index contributed by atoms with van der Waals surface area (Å²) in [5.41, 5.74) is 1.00. The monoisotopic (exact) mass is 378 g/mol. The lowest BCUT2D eigenvalue weighted by Gasteiger charge is -2.31. The highest BCUT2D eigenvalue weighted by Gasteiger charge is 2.27. The molecule has 3 heteroatoms. The van der Waals surface area contributed by atoms with Gasteiger partial charge in [0.25, 0.3) is 0 Å². The van der Waals surface area contributed by atoms with Gasteiger partial charge < -0.3 is 5.11 Å². The molecule has 1 aromatic rings. The molecule has 0 heterocycles. The molecule has 1 unspecified atom stereocenters. The van der Waals surface area contributed by atoms with Crippen molar-refractivity contribution >= 4 is 34.2 Å². The fourth-order valence-corrected chi connectivity index (χ4v) is 3.74. The summed E-state index contributed by atoms with van der Waals surface area (Å²) in [4.78, 5) is 0. The van der Waals surface area contributed by atoms with Crippen LogP contribution >= 0.6 is 34.2 Å². The van der Waals surface area contributed by atoms with Crippen LogP contribution in [0, 0.1) is 15.4 Å². The van der Waals surface area contributed by atoms with Gasteiger partial charge >= 0.3 is 0 Å². The molecular formula is C15H20ClIO. The topological polar surface area (TPSA) is 20.2 Å². The Morgan fingerprint density at radius 2 is 2.00 bits per heavy atom. The number of rotatable bonds is 3. The van der Waals surface area contributed by atoms with E-state index >= 15 is 0 Å². The van der Waals surface area contributed by atoms with Gasteiger partial charge in [0.05, 0.1) is 6.10 Å². The molecule has 0 radical (unpaired) electrons. The molecule has 0 saturated heterocycles. The molecule has 1 fully saturated rings. The number of hydrogen-bond acceptors (Lipinski definition) is 1. The van der Waals surface area contributed by atoms with Crippen LogP contribution in [0.5, 0.6) is 0 Å². The number of aliphatic hydroxyl groups is 1. The van der Waals surface area contributed by atoms with Crippen LogP contribution in [0.1, 0.15) is 50.7 Å². The molecule has 0 spiro atoms. The van der Waals surface area contributed by atoms with Gasteiger partial charge in [-0.1, -0.05) is 37.8 Å². The van der Waals surface area contributed by atoms with Gasteiger partial charge in [0.15, 0.2) is 0 Å². The average Bonchev–Trinajstić information content (AvgIpc) is 2.41. The lowest BCUT2D eigenvalue weighted by atomic mass is 9.77. The van der Waals surface area contributed by atoms with Crippen molar-refractivity contribution in [3.63, 3.8) is 0 Å². The summed E-state index contributed by atoms with van der Waals surface area (Å²) < 4.78 is 1.11. The highest BCUT2D eigenvalue weighted by atomic mass is 127. The SMILES string of the molecule is CCC1CCC(C(O)c2cc(Cl)ccc2I)CC1. The summed E-state index contributed by atoms with van der Waals surface area (Å²) in [6, 6.07) is 5.78. The van der Waals surface area contributed by atoms with Crippen LogP contribution < -0.4 is 0 Å². The largest absolute Gasteiger partial charge is 0.388 e. The van der Waals surface area contributed by atoms with Crippen molar-refractivity contribution in [3.8, 4) is 0 Å². The second-order valence-corrected chi connectivity index (χ2v) is 6.90. The predicted octanol–water partition coefficient (Wildman–Crippen LogP) is 5.19. The maximum atomic E-state index is 10.5. The van der Waals surface area contributed by atoms with E-state index < -0.39 is 0 Å². The molecule has 1 nitrogen and oxygen atoms in total. The van der Waals surface area contributed by atoms with Crippen LogP contribution in [0.2, 0.25) is 5.02 Å². The van der Waals surface area contributed by atoms with Crippen LogP contribution in [-0.2, 0) is 0 Å². The van der Waals surface area contributed by atoms with E-state index in [-0.39, 0.29) is 6.10 Å². The Morgan fingerprint density at radius 3 is 2.61 bits per heavy atom. The minimum absolute atomic E-state index is 0.353. The minimum Gasteiger partial charge on any atom is -0.388 e. The van der Waals surface area contributed by atoms with Crippen molar-refractivity contribution in [2.45, 2.75) is 45.1 Å². The van der Waals surface area contributed by atoms with Crippen LogP contribution in [-0.4, -0.2) is 5.11 Å². The molecule has 1 aromatic carbocycles. The first-order chi connectivity index (χ1) is 8.61. The smallest absolute Gasteiger partial charge is 0.0828 e. The third-order valence-electron chi connectivity index (χ3n) is 4.19. The van der Waals surface area contributed by atoms with E-state index in [0.29, 0.717) is 10.9 Å². The van der Waals surface area contributed by atoms with Crippen LogP contribution in [0.4, 0.5) is 0 Å². The fourth-order valence-electron chi connectivity index (χ4n) is 2.91. The summed E-state index contributed by atoms with van der Waals surface area (Å²) in [7, 11) is 0. The van der Waals surface area contributed by atoms with Gasteiger partial charge in [0.1, 0.15) is 0 Å². The lowest BCUT2D eigenvalue weighted by molar-refractivity contribution is 0.0723. The van der Waals surface area contributed by atoms with E-state index in [1.165, 1.54) is 19.3 Å². The quantitative estimate of drug-likeness (QED) is 0.717. The molecular weight excluding hydrogens is 359 g/mol. The van der Waals surface area contributed by atoms with Gasteiger partial charge in [0, 0.05) is 8.59 Å². The van der Waals surface area contributed by atoms with E-state index in [2.05, 4.69) is 29.5 Å². The third kappa shape index (κ3) is 3.40. The standard InChI is InChI=1S/C15H20ClIO/c1-2-10-3-5-11(6-4-10)15(18)13-9-12(16)7-8-14(13)17/h7-11,15,18H,2-6H2,1H3. The number of aliphatic hydroxyl groups excluding tert-OH is 1. The molecule has 2 rings (SSSR count). The minimum atomic E-state index is -0.353. The van der Waals surface area contributed by atoms with Gasteiger partial charge in [-0.25, -0.2) is 0 Å². The van der Waals surface area contributed by atoms with Gasteiger partial charge in [-0.3, -0.25) is 0 Å². The summed E-state index contributed by atoms with van der Waals surface area (Å²) >= 11 is 8.31. The van der Waals surface area contributed by atoms with E-state index in [1.807, 2.05) is 18.2 Å². The van der Waals surface area contributed by atoms with E-state index in [9.17, 15) is 5.11 Å². The van der Waals surface area contributed by atoms with Gasteiger partial charge in [-0.05, 0) is 71.0 Å². The molecule has 1 N–H and O–H groups in total. The Kier molecular flexibility index (Phi) is 5.34. The molecule has 1 atom stereocenters. The van der Waals surface area contributed by atoms with Gasteiger partial charge in [0.2, 0.25) is 0 Å². The summed E-state index contributed by atoms with van der Waals surface area (Å²) in [6.07, 6.45) is 5.72. The fraction of sp³-hybridized carbons (Fsp3) is 0.600. The Labute approximate surface area is 128 Å². The Balaban J connectivity index is 2.07. The van der Waals surface area contributed by atoms with Crippen molar-refractivity contribution in [2.24, 2.45) is 11.8 Å². The van der Waals surface area contributed by atoms with Crippen molar-refractivity contribution in [1.29, 1.82) is 0 Å².